The molecule has 0 spiro atoms. The monoisotopic (exact) mass is 237 g/mol. The number of carboxylic acid groups (broad SMARTS) is 1. The molecule has 0 fully saturated rings. The highest BCUT2D eigenvalue weighted by molar-refractivity contribution is 5.68. The summed E-state index contributed by atoms with van der Waals surface area (Å²) in [6.07, 6.45) is 0.367. The van der Waals surface area contributed by atoms with Crippen molar-refractivity contribution in [3.05, 3.63) is 35.4 Å². The SMILES string of the molecule is COCc1cccc(C(CC(=O)O)NC=O)c1. The van der Waals surface area contributed by atoms with Crippen molar-refractivity contribution in [1.82, 2.24) is 5.32 Å². The van der Waals surface area contributed by atoms with E-state index in [4.69, 9.17) is 9.84 Å². The van der Waals surface area contributed by atoms with Gasteiger partial charge in [-0.15, -0.1) is 0 Å². The average Bonchev–Trinajstić information content (AvgIpc) is 2.29. The van der Waals surface area contributed by atoms with E-state index >= 15 is 0 Å². The molecule has 1 amide bonds. The molecule has 1 unspecified atom stereocenters. The topological polar surface area (TPSA) is 75.6 Å². The Labute approximate surface area is 99.4 Å². The number of carboxylic acids is 1. The maximum atomic E-state index is 10.7. The third-order valence-electron chi connectivity index (χ3n) is 2.31. The summed E-state index contributed by atoms with van der Waals surface area (Å²) in [5.74, 6) is -0.957. The first kappa shape index (κ1) is 13.2. The number of hydrogen-bond acceptors (Lipinski definition) is 3. The second-order valence-electron chi connectivity index (χ2n) is 3.61. The summed E-state index contributed by atoms with van der Waals surface area (Å²) < 4.78 is 5.00. The fourth-order valence-corrected chi connectivity index (χ4v) is 1.60. The van der Waals surface area contributed by atoms with Crippen LogP contribution in [0.25, 0.3) is 0 Å². The zero-order chi connectivity index (χ0) is 12.7. The van der Waals surface area contributed by atoms with Gasteiger partial charge in [-0.2, -0.15) is 0 Å². The molecule has 1 aromatic rings. The molecule has 0 aliphatic heterocycles. The molecule has 2 N–H and O–H groups in total. The van der Waals surface area contributed by atoms with Crippen LogP contribution in [0.3, 0.4) is 0 Å². The molecule has 1 rings (SSSR count). The maximum Gasteiger partial charge on any atom is 0.305 e. The van der Waals surface area contributed by atoms with Crippen LogP contribution in [-0.4, -0.2) is 24.6 Å². The minimum absolute atomic E-state index is 0.144. The second-order valence-corrected chi connectivity index (χ2v) is 3.61. The first-order chi connectivity index (χ1) is 8.17. The number of amides is 1. The van der Waals surface area contributed by atoms with Crippen molar-refractivity contribution in [3.8, 4) is 0 Å². The van der Waals surface area contributed by atoms with Crippen LogP contribution in [-0.2, 0) is 20.9 Å². The zero-order valence-corrected chi connectivity index (χ0v) is 9.55. The van der Waals surface area contributed by atoms with Crippen LogP contribution in [0.4, 0.5) is 0 Å². The van der Waals surface area contributed by atoms with Gasteiger partial charge in [0.05, 0.1) is 19.1 Å². The highest BCUT2D eigenvalue weighted by Crippen LogP contribution is 2.18. The number of carbonyl (C=O) groups excluding carboxylic acids is 1. The van der Waals surface area contributed by atoms with Crippen LogP contribution in [0, 0.1) is 0 Å². The zero-order valence-electron chi connectivity index (χ0n) is 9.55. The van der Waals surface area contributed by atoms with Gasteiger partial charge in [0.25, 0.3) is 0 Å². The van der Waals surface area contributed by atoms with Gasteiger partial charge in [0.1, 0.15) is 0 Å². The van der Waals surface area contributed by atoms with E-state index in [1.165, 1.54) is 0 Å². The second kappa shape index (κ2) is 6.65. The van der Waals surface area contributed by atoms with Gasteiger partial charge in [0.2, 0.25) is 6.41 Å². The summed E-state index contributed by atoms with van der Waals surface area (Å²) in [5, 5.41) is 11.3. The molecule has 0 aromatic heterocycles. The summed E-state index contributed by atoms with van der Waals surface area (Å²) in [4.78, 5) is 21.1. The van der Waals surface area contributed by atoms with Gasteiger partial charge in [-0.3, -0.25) is 9.59 Å². The van der Waals surface area contributed by atoms with Gasteiger partial charge in [-0.25, -0.2) is 0 Å². The number of carbonyl (C=O) groups is 2. The molecule has 0 saturated carbocycles. The lowest BCUT2D eigenvalue weighted by Gasteiger charge is -2.15. The van der Waals surface area contributed by atoms with Crippen molar-refractivity contribution in [2.24, 2.45) is 0 Å². The quantitative estimate of drug-likeness (QED) is 0.696. The smallest absolute Gasteiger partial charge is 0.305 e. The van der Waals surface area contributed by atoms with E-state index in [1.54, 1.807) is 13.2 Å². The summed E-state index contributed by atoms with van der Waals surface area (Å²) in [5.41, 5.74) is 1.70. The lowest BCUT2D eigenvalue weighted by atomic mass is 10.0. The Kier molecular flexibility index (Phi) is 5.16. The van der Waals surface area contributed by atoms with E-state index in [0.717, 1.165) is 11.1 Å². The van der Waals surface area contributed by atoms with Gasteiger partial charge < -0.3 is 15.2 Å². The van der Waals surface area contributed by atoms with Crippen LogP contribution in [0.2, 0.25) is 0 Å². The van der Waals surface area contributed by atoms with Crippen molar-refractivity contribution in [2.75, 3.05) is 7.11 Å². The Morgan fingerprint density at radius 3 is 2.94 bits per heavy atom. The Morgan fingerprint density at radius 1 is 1.59 bits per heavy atom. The standard InChI is InChI=1S/C12H15NO4/c1-17-7-9-3-2-4-10(5-9)11(13-8-14)6-12(15)16/h2-5,8,11H,6-7H2,1H3,(H,13,14)(H,15,16). The highest BCUT2D eigenvalue weighted by Gasteiger charge is 2.14. The number of benzene rings is 1. The van der Waals surface area contributed by atoms with Gasteiger partial charge in [0.15, 0.2) is 0 Å². The lowest BCUT2D eigenvalue weighted by Crippen LogP contribution is -2.22. The molecule has 0 radical (unpaired) electrons. The Balaban J connectivity index is 2.88. The number of aliphatic carboxylic acids is 1. The summed E-state index contributed by atoms with van der Waals surface area (Å²) in [7, 11) is 1.59. The van der Waals surface area contributed by atoms with E-state index < -0.39 is 12.0 Å². The fraction of sp³-hybridized carbons (Fsp3) is 0.333. The largest absolute Gasteiger partial charge is 0.481 e. The van der Waals surface area contributed by atoms with Gasteiger partial charge in [0, 0.05) is 7.11 Å². The van der Waals surface area contributed by atoms with Gasteiger partial charge in [-0.1, -0.05) is 24.3 Å². The van der Waals surface area contributed by atoms with Crippen molar-refractivity contribution in [1.29, 1.82) is 0 Å². The molecular formula is C12H15NO4. The van der Waals surface area contributed by atoms with Crippen LogP contribution in [0.1, 0.15) is 23.6 Å². The Morgan fingerprint density at radius 2 is 2.35 bits per heavy atom. The van der Waals surface area contributed by atoms with Crippen LogP contribution in [0.15, 0.2) is 24.3 Å². The van der Waals surface area contributed by atoms with E-state index in [1.807, 2.05) is 18.2 Å². The fourth-order valence-electron chi connectivity index (χ4n) is 1.60. The van der Waals surface area contributed by atoms with E-state index in [2.05, 4.69) is 5.32 Å². The van der Waals surface area contributed by atoms with Crippen LogP contribution in [0.5, 0.6) is 0 Å². The number of ether oxygens (including phenoxy) is 1. The number of hydrogen-bond donors (Lipinski definition) is 2. The molecule has 5 nitrogen and oxygen atoms in total. The van der Waals surface area contributed by atoms with Gasteiger partial charge >= 0.3 is 5.97 Å². The summed E-state index contributed by atoms with van der Waals surface area (Å²) >= 11 is 0. The van der Waals surface area contributed by atoms with E-state index in [-0.39, 0.29) is 6.42 Å². The van der Waals surface area contributed by atoms with Crippen LogP contribution < -0.4 is 5.32 Å². The van der Waals surface area contributed by atoms with E-state index in [0.29, 0.717) is 13.0 Å². The molecule has 92 valence electrons. The molecule has 5 heteroatoms. The molecule has 1 aromatic carbocycles. The molecule has 0 saturated heterocycles. The summed E-state index contributed by atoms with van der Waals surface area (Å²) in [6, 6.07) is 6.79. The van der Waals surface area contributed by atoms with Crippen molar-refractivity contribution in [3.63, 3.8) is 0 Å². The Hall–Kier alpha value is -1.88. The predicted molar refractivity (Wildman–Crippen MR) is 61.3 cm³/mol. The number of methoxy groups -OCH3 is 1. The third-order valence-corrected chi connectivity index (χ3v) is 2.31. The first-order valence-electron chi connectivity index (χ1n) is 5.16. The number of rotatable bonds is 7. The molecule has 17 heavy (non-hydrogen) atoms. The predicted octanol–water partition coefficient (Wildman–Crippen LogP) is 1.09. The van der Waals surface area contributed by atoms with Crippen LogP contribution >= 0.6 is 0 Å². The minimum Gasteiger partial charge on any atom is -0.481 e. The van der Waals surface area contributed by atoms with Crippen molar-refractivity contribution < 1.29 is 19.4 Å². The highest BCUT2D eigenvalue weighted by atomic mass is 16.5. The molecular weight excluding hydrogens is 222 g/mol. The Bertz CT molecular complexity index is 392. The minimum atomic E-state index is -0.957. The third kappa shape index (κ3) is 4.24. The number of nitrogens with one attached hydrogen (secondary N) is 1. The lowest BCUT2D eigenvalue weighted by molar-refractivity contribution is -0.137. The van der Waals surface area contributed by atoms with Crippen molar-refractivity contribution >= 4 is 12.4 Å². The van der Waals surface area contributed by atoms with E-state index in [9.17, 15) is 9.59 Å². The summed E-state index contributed by atoms with van der Waals surface area (Å²) in [6.45, 7) is 0.453. The average molecular weight is 237 g/mol. The van der Waals surface area contributed by atoms with Crippen molar-refractivity contribution in [2.45, 2.75) is 19.1 Å². The molecule has 0 heterocycles. The normalized spacial score (nSPS) is 11.8. The maximum absolute atomic E-state index is 10.7. The molecule has 1 atom stereocenters. The first-order valence-corrected chi connectivity index (χ1v) is 5.16. The molecule has 0 aliphatic carbocycles. The molecule has 0 bridgehead atoms. The molecule has 0 aliphatic rings. The van der Waals surface area contributed by atoms with Gasteiger partial charge in [-0.05, 0) is 11.1 Å².